The van der Waals surface area contributed by atoms with Crippen LogP contribution in [0.15, 0.2) is 4.99 Å². The standard InChI is InChI=1S/C21H39N5O3S/c1-22-21(23-7-13-30(27,28)24-16-19-4-2-3-12-29-19)26-10-8-25(9-11-26)20-15-17-5-6-18(20)14-17/h17-20,24H,2-16H2,1H3,(H,22,23). The predicted octanol–water partition coefficient (Wildman–Crippen LogP) is 0.857. The Morgan fingerprint density at radius 1 is 1.10 bits per heavy atom. The van der Waals surface area contributed by atoms with Crippen LogP contribution in [0.4, 0.5) is 0 Å². The molecule has 2 heterocycles. The van der Waals surface area contributed by atoms with Gasteiger partial charge in [-0.2, -0.15) is 0 Å². The lowest BCUT2D eigenvalue weighted by Gasteiger charge is -2.41. The molecular formula is C21H39N5O3S. The van der Waals surface area contributed by atoms with Crippen molar-refractivity contribution in [1.29, 1.82) is 0 Å². The van der Waals surface area contributed by atoms with E-state index in [1.165, 1.54) is 25.7 Å². The van der Waals surface area contributed by atoms with Crippen LogP contribution in [0.1, 0.15) is 44.9 Å². The number of ether oxygens (including phenoxy) is 1. The number of rotatable bonds is 7. The van der Waals surface area contributed by atoms with Gasteiger partial charge in [-0.3, -0.25) is 9.89 Å². The minimum absolute atomic E-state index is 0.0145. The van der Waals surface area contributed by atoms with Gasteiger partial charge in [0.05, 0.1) is 11.9 Å². The van der Waals surface area contributed by atoms with E-state index in [2.05, 4.69) is 24.8 Å². The number of fused-ring (bicyclic) bond motifs is 2. The zero-order chi connectivity index (χ0) is 21.0. The number of sulfonamides is 1. The summed E-state index contributed by atoms with van der Waals surface area (Å²) in [6, 6.07) is 0.797. The first-order valence-electron chi connectivity index (χ1n) is 11.8. The van der Waals surface area contributed by atoms with Crippen molar-refractivity contribution in [3.05, 3.63) is 0 Å². The second kappa shape index (κ2) is 10.1. The first-order valence-corrected chi connectivity index (χ1v) is 13.5. The third kappa shape index (κ3) is 5.66. The monoisotopic (exact) mass is 441 g/mol. The highest BCUT2D eigenvalue weighted by Crippen LogP contribution is 2.46. The molecule has 2 saturated carbocycles. The van der Waals surface area contributed by atoms with Crippen LogP contribution in [-0.2, 0) is 14.8 Å². The molecule has 4 rings (SSSR count). The summed E-state index contributed by atoms with van der Waals surface area (Å²) in [5.74, 6) is 2.76. The molecule has 172 valence electrons. The Labute approximate surface area is 181 Å². The quantitative estimate of drug-likeness (QED) is 0.450. The Morgan fingerprint density at radius 2 is 1.93 bits per heavy atom. The van der Waals surface area contributed by atoms with Crippen LogP contribution in [-0.4, -0.2) is 95.0 Å². The van der Waals surface area contributed by atoms with Gasteiger partial charge in [-0.1, -0.05) is 6.42 Å². The zero-order valence-electron chi connectivity index (χ0n) is 18.4. The first kappa shape index (κ1) is 22.3. The van der Waals surface area contributed by atoms with Crippen molar-refractivity contribution in [2.75, 3.05) is 58.7 Å². The van der Waals surface area contributed by atoms with Crippen molar-refractivity contribution >= 4 is 16.0 Å². The largest absolute Gasteiger partial charge is 0.377 e. The van der Waals surface area contributed by atoms with Gasteiger partial charge in [-0.05, 0) is 50.4 Å². The lowest BCUT2D eigenvalue weighted by Crippen LogP contribution is -2.56. The molecule has 4 unspecified atom stereocenters. The van der Waals surface area contributed by atoms with Crippen molar-refractivity contribution in [2.24, 2.45) is 16.8 Å². The lowest BCUT2D eigenvalue weighted by atomic mass is 9.93. The third-order valence-electron chi connectivity index (χ3n) is 7.45. The normalized spacial score (nSPS) is 33.2. The Balaban J connectivity index is 1.16. The van der Waals surface area contributed by atoms with Crippen LogP contribution in [0.5, 0.6) is 0 Å². The summed E-state index contributed by atoms with van der Waals surface area (Å²) in [5.41, 5.74) is 0. The SMILES string of the molecule is CN=C(NCCS(=O)(=O)NCC1CCCCO1)N1CCN(C2CC3CCC2C3)CC1. The van der Waals surface area contributed by atoms with Crippen LogP contribution in [0.2, 0.25) is 0 Å². The van der Waals surface area contributed by atoms with Crippen LogP contribution >= 0.6 is 0 Å². The first-order chi connectivity index (χ1) is 14.5. The summed E-state index contributed by atoms with van der Waals surface area (Å²) in [4.78, 5) is 9.34. The molecule has 4 atom stereocenters. The number of hydrogen-bond donors (Lipinski definition) is 2. The van der Waals surface area contributed by atoms with E-state index < -0.39 is 10.0 Å². The smallest absolute Gasteiger partial charge is 0.213 e. The molecule has 2 aliphatic heterocycles. The Hall–Kier alpha value is -0.900. The molecule has 4 fully saturated rings. The fourth-order valence-electron chi connectivity index (χ4n) is 5.81. The van der Waals surface area contributed by atoms with Crippen molar-refractivity contribution in [3.63, 3.8) is 0 Å². The van der Waals surface area contributed by atoms with E-state index in [-0.39, 0.29) is 11.9 Å². The van der Waals surface area contributed by atoms with Gasteiger partial charge in [0.15, 0.2) is 5.96 Å². The van der Waals surface area contributed by atoms with Crippen molar-refractivity contribution in [1.82, 2.24) is 19.8 Å². The molecule has 0 aromatic carbocycles. The molecule has 2 saturated heterocycles. The number of nitrogens with zero attached hydrogens (tertiary/aromatic N) is 3. The summed E-state index contributed by atoms with van der Waals surface area (Å²) in [5, 5.41) is 3.25. The molecule has 0 amide bonds. The lowest BCUT2D eigenvalue weighted by molar-refractivity contribution is 0.0200. The number of hydrogen-bond acceptors (Lipinski definition) is 5. The molecule has 9 heteroatoms. The van der Waals surface area contributed by atoms with Gasteiger partial charge in [0, 0.05) is 59.0 Å². The third-order valence-corrected chi connectivity index (χ3v) is 8.80. The van der Waals surface area contributed by atoms with E-state index in [4.69, 9.17) is 4.74 Å². The fraction of sp³-hybridized carbons (Fsp3) is 0.952. The van der Waals surface area contributed by atoms with E-state index in [9.17, 15) is 8.42 Å². The molecule has 2 aliphatic carbocycles. The van der Waals surface area contributed by atoms with Gasteiger partial charge >= 0.3 is 0 Å². The molecule has 0 aromatic heterocycles. The van der Waals surface area contributed by atoms with Gasteiger partial charge in [0.1, 0.15) is 0 Å². The maximum absolute atomic E-state index is 12.3. The minimum Gasteiger partial charge on any atom is -0.377 e. The van der Waals surface area contributed by atoms with Crippen LogP contribution < -0.4 is 10.0 Å². The summed E-state index contributed by atoms with van der Waals surface area (Å²) in [6.07, 6.45) is 8.85. The van der Waals surface area contributed by atoms with Crippen LogP contribution in [0, 0.1) is 11.8 Å². The van der Waals surface area contributed by atoms with Crippen LogP contribution in [0.25, 0.3) is 0 Å². The number of nitrogens with one attached hydrogen (secondary N) is 2. The van der Waals surface area contributed by atoms with E-state index in [1.54, 1.807) is 7.05 Å². The van der Waals surface area contributed by atoms with Gasteiger partial charge in [-0.15, -0.1) is 0 Å². The number of piperazine rings is 1. The molecule has 4 aliphatic rings. The molecule has 0 radical (unpaired) electrons. The highest BCUT2D eigenvalue weighted by molar-refractivity contribution is 7.89. The summed E-state index contributed by atoms with van der Waals surface area (Å²) in [6.45, 7) is 5.54. The van der Waals surface area contributed by atoms with Gasteiger partial charge in [-0.25, -0.2) is 13.1 Å². The minimum atomic E-state index is -3.31. The molecule has 0 spiro atoms. The van der Waals surface area contributed by atoms with E-state index >= 15 is 0 Å². The van der Waals surface area contributed by atoms with Crippen molar-refractivity contribution < 1.29 is 13.2 Å². The molecule has 2 bridgehead atoms. The number of guanidine groups is 1. The van der Waals surface area contributed by atoms with E-state index in [0.29, 0.717) is 13.1 Å². The summed E-state index contributed by atoms with van der Waals surface area (Å²) < 4.78 is 32.9. The average Bonchev–Trinajstić information content (AvgIpc) is 3.40. The maximum atomic E-state index is 12.3. The van der Waals surface area contributed by atoms with E-state index in [1.807, 2.05) is 0 Å². The Morgan fingerprint density at radius 3 is 2.57 bits per heavy atom. The maximum Gasteiger partial charge on any atom is 0.213 e. The molecule has 8 nitrogen and oxygen atoms in total. The predicted molar refractivity (Wildman–Crippen MR) is 119 cm³/mol. The number of aliphatic imine (C=N–C) groups is 1. The highest BCUT2D eigenvalue weighted by Gasteiger charge is 2.42. The summed E-state index contributed by atoms with van der Waals surface area (Å²) >= 11 is 0. The Kier molecular flexibility index (Phi) is 7.54. The summed E-state index contributed by atoms with van der Waals surface area (Å²) in [7, 11) is -1.54. The highest BCUT2D eigenvalue weighted by atomic mass is 32.2. The van der Waals surface area contributed by atoms with Gasteiger partial charge < -0.3 is 15.0 Å². The van der Waals surface area contributed by atoms with Crippen molar-refractivity contribution in [2.45, 2.75) is 57.1 Å². The molecule has 2 N–H and O–H groups in total. The molecule has 30 heavy (non-hydrogen) atoms. The topological polar surface area (TPSA) is 86.3 Å². The van der Waals surface area contributed by atoms with Crippen LogP contribution in [0.3, 0.4) is 0 Å². The fourth-order valence-corrected chi connectivity index (χ4v) is 6.77. The van der Waals surface area contributed by atoms with Gasteiger partial charge in [0.2, 0.25) is 10.0 Å². The van der Waals surface area contributed by atoms with E-state index in [0.717, 1.165) is 75.9 Å². The zero-order valence-corrected chi connectivity index (χ0v) is 19.2. The second-order valence-corrected chi connectivity index (χ2v) is 11.3. The molecule has 0 aromatic rings. The molecular weight excluding hydrogens is 402 g/mol. The van der Waals surface area contributed by atoms with Crippen molar-refractivity contribution in [3.8, 4) is 0 Å². The van der Waals surface area contributed by atoms with Gasteiger partial charge in [0.25, 0.3) is 0 Å². The average molecular weight is 442 g/mol. The second-order valence-electron chi connectivity index (χ2n) is 9.40. The Bertz CT molecular complexity index is 687.